The lowest BCUT2D eigenvalue weighted by Gasteiger charge is -2.16. The minimum Gasteiger partial charge on any atom is -0.496 e. The standard InChI is InChI=1S/C29H27FN3O5P/c1-37-25-17-23-22(16-26(25)39(2,3)36)24(12-15-31-23)38-21-10-8-20(9-11-21)33-28(35)29(13-14-29)27(34)32-19-6-4-18(30)5-7-19/h4-12,15-17H,13-14H2,1-3H3,(H,32,34)(H,33,35). The summed E-state index contributed by atoms with van der Waals surface area (Å²) in [5, 5.41) is 6.80. The third-order valence-corrected chi connectivity index (χ3v) is 8.15. The van der Waals surface area contributed by atoms with Crippen molar-refractivity contribution in [2.45, 2.75) is 12.8 Å². The lowest BCUT2D eigenvalue weighted by atomic mass is 10.0. The summed E-state index contributed by atoms with van der Waals surface area (Å²) < 4.78 is 37.5. The average molecular weight is 548 g/mol. The van der Waals surface area contributed by atoms with Gasteiger partial charge >= 0.3 is 0 Å². The molecule has 0 saturated heterocycles. The van der Waals surface area contributed by atoms with Crippen LogP contribution in [0, 0.1) is 11.2 Å². The number of amides is 2. The molecule has 1 saturated carbocycles. The van der Waals surface area contributed by atoms with Gasteiger partial charge in [0.25, 0.3) is 0 Å². The van der Waals surface area contributed by atoms with Gasteiger partial charge in [0.2, 0.25) is 11.8 Å². The highest BCUT2D eigenvalue weighted by Crippen LogP contribution is 2.47. The molecule has 1 aliphatic rings. The van der Waals surface area contributed by atoms with Gasteiger partial charge in [0.1, 0.15) is 35.6 Å². The van der Waals surface area contributed by atoms with Crippen molar-refractivity contribution < 1.29 is 28.0 Å². The van der Waals surface area contributed by atoms with Gasteiger partial charge in [-0.1, -0.05) is 0 Å². The van der Waals surface area contributed by atoms with Crippen LogP contribution in [0.3, 0.4) is 0 Å². The summed E-state index contributed by atoms with van der Waals surface area (Å²) in [5.74, 6) is 0.332. The largest absolute Gasteiger partial charge is 0.496 e. The molecule has 1 aromatic heterocycles. The van der Waals surface area contributed by atoms with Crippen LogP contribution in [0.25, 0.3) is 10.9 Å². The maximum Gasteiger partial charge on any atom is 0.240 e. The van der Waals surface area contributed by atoms with Gasteiger partial charge in [-0.3, -0.25) is 14.6 Å². The summed E-state index contributed by atoms with van der Waals surface area (Å²) in [7, 11) is -1.10. The van der Waals surface area contributed by atoms with Crippen LogP contribution >= 0.6 is 7.14 Å². The second kappa shape index (κ2) is 10.2. The number of carbonyl (C=O) groups is 2. The summed E-state index contributed by atoms with van der Waals surface area (Å²) in [6.45, 7) is 3.36. The Kier molecular flexibility index (Phi) is 6.87. The van der Waals surface area contributed by atoms with Gasteiger partial charge in [-0.05, 0) is 86.8 Å². The summed E-state index contributed by atoms with van der Waals surface area (Å²) in [6.07, 6.45) is 2.48. The molecular formula is C29H27FN3O5P. The fourth-order valence-electron chi connectivity index (χ4n) is 4.26. The number of aromatic nitrogens is 1. The Morgan fingerprint density at radius 2 is 1.49 bits per heavy atom. The molecule has 0 unspecified atom stereocenters. The second-order valence-corrected chi connectivity index (χ2v) is 13.0. The van der Waals surface area contributed by atoms with E-state index in [1.807, 2.05) is 0 Å². The topological polar surface area (TPSA) is 107 Å². The Bertz CT molecular complexity index is 1610. The first-order valence-electron chi connectivity index (χ1n) is 12.3. The Balaban J connectivity index is 1.30. The van der Waals surface area contributed by atoms with Crippen LogP contribution in [-0.2, 0) is 14.2 Å². The second-order valence-electron chi connectivity index (χ2n) is 9.82. The lowest BCUT2D eigenvalue weighted by Crippen LogP contribution is -2.35. The van der Waals surface area contributed by atoms with Crippen LogP contribution < -0.4 is 25.4 Å². The van der Waals surface area contributed by atoms with Gasteiger partial charge in [0.15, 0.2) is 0 Å². The summed E-state index contributed by atoms with van der Waals surface area (Å²) >= 11 is 0. The van der Waals surface area contributed by atoms with Crippen LogP contribution in [-0.4, -0.2) is 37.2 Å². The van der Waals surface area contributed by atoms with Crippen molar-refractivity contribution >= 4 is 46.5 Å². The van der Waals surface area contributed by atoms with E-state index in [0.29, 0.717) is 57.7 Å². The van der Waals surface area contributed by atoms with Crippen LogP contribution in [0.4, 0.5) is 15.8 Å². The van der Waals surface area contributed by atoms with Gasteiger partial charge in [0.05, 0.1) is 17.9 Å². The van der Waals surface area contributed by atoms with E-state index in [4.69, 9.17) is 9.47 Å². The Hall–Kier alpha value is -4.23. The highest BCUT2D eigenvalue weighted by Gasteiger charge is 2.56. The molecular weight excluding hydrogens is 520 g/mol. The van der Waals surface area contributed by atoms with Gasteiger partial charge in [0, 0.05) is 29.0 Å². The van der Waals surface area contributed by atoms with Crippen molar-refractivity contribution in [1.82, 2.24) is 4.98 Å². The molecule has 2 N–H and O–H groups in total. The number of hydrogen-bond acceptors (Lipinski definition) is 6. The van der Waals surface area contributed by atoms with E-state index in [9.17, 15) is 18.5 Å². The first-order chi connectivity index (χ1) is 18.6. The molecule has 1 fully saturated rings. The van der Waals surface area contributed by atoms with Crippen molar-refractivity contribution in [3.05, 3.63) is 78.7 Å². The zero-order valence-electron chi connectivity index (χ0n) is 21.7. The Labute approximate surface area is 224 Å². The maximum atomic E-state index is 13.1. The Morgan fingerprint density at radius 1 is 0.897 bits per heavy atom. The van der Waals surface area contributed by atoms with E-state index in [0.717, 1.165) is 0 Å². The number of pyridine rings is 1. The normalized spacial score (nSPS) is 13.9. The van der Waals surface area contributed by atoms with Crippen molar-refractivity contribution in [3.63, 3.8) is 0 Å². The fourth-order valence-corrected chi connectivity index (χ4v) is 5.39. The lowest BCUT2D eigenvalue weighted by molar-refractivity contribution is -0.131. The minimum atomic E-state index is -2.63. The van der Waals surface area contributed by atoms with E-state index < -0.39 is 30.2 Å². The van der Waals surface area contributed by atoms with Crippen molar-refractivity contribution in [1.29, 1.82) is 0 Å². The predicted molar refractivity (Wildman–Crippen MR) is 149 cm³/mol. The third kappa shape index (κ3) is 5.49. The molecule has 2 amide bonds. The van der Waals surface area contributed by atoms with Crippen LogP contribution in [0.2, 0.25) is 0 Å². The summed E-state index contributed by atoms with van der Waals surface area (Å²) in [6, 6.07) is 17.4. The van der Waals surface area contributed by atoms with Crippen LogP contribution in [0.15, 0.2) is 72.9 Å². The summed E-state index contributed by atoms with van der Waals surface area (Å²) in [4.78, 5) is 30.1. The molecule has 0 radical (unpaired) electrons. The quantitative estimate of drug-likeness (QED) is 0.214. The van der Waals surface area contributed by atoms with Crippen molar-refractivity contribution in [2.24, 2.45) is 5.41 Å². The molecule has 3 aromatic carbocycles. The van der Waals surface area contributed by atoms with Gasteiger partial charge in [-0.25, -0.2) is 4.39 Å². The molecule has 4 aromatic rings. The highest BCUT2D eigenvalue weighted by atomic mass is 31.2. The molecule has 200 valence electrons. The minimum absolute atomic E-state index is 0.402. The monoisotopic (exact) mass is 547 g/mol. The number of anilines is 2. The molecule has 1 heterocycles. The van der Waals surface area contributed by atoms with Gasteiger partial charge < -0.3 is 24.7 Å². The van der Waals surface area contributed by atoms with Gasteiger partial charge in [-0.2, -0.15) is 0 Å². The number of methoxy groups -OCH3 is 1. The number of nitrogens with zero attached hydrogens (tertiary/aromatic N) is 1. The van der Waals surface area contributed by atoms with E-state index in [1.165, 1.54) is 31.4 Å². The molecule has 0 spiro atoms. The first-order valence-corrected chi connectivity index (χ1v) is 14.9. The van der Waals surface area contributed by atoms with Crippen molar-refractivity contribution in [3.8, 4) is 17.2 Å². The molecule has 1 aliphatic carbocycles. The number of fused-ring (bicyclic) bond motifs is 1. The number of ether oxygens (including phenoxy) is 2. The molecule has 39 heavy (non-hydrogen) atoms. The Morgan fingerprint density at radius 3 is 2.03 bits per heavy atom. The van der Waals surface area contributed by atoms with E-state index in [2.05, 4.69) is 15.6 Å². The van der Waals surface area contributed by atoms with Crippen LogP contribution in [0.5, 0.6) is 17.2 Å². The number of hydrogen-bond donors (Lipinski definition) is 2. The first kappa shape index (κ1) is 26.4. The number of nitrogens with one attached hydrogen (secondary N) is 2. The van der Waals surface area contributed by atoms with Crippen molar-refractivity contribution in [2.75, 3.05) is 31.1 Å². The summed E-state index contributed by atoms with van der Waals surface area (Å²) in [5.41, 5.74) is 0.421. The van der Waals surface area contributed by atoms with Gasteiger partial charge in [-0.15, -0.1) is 0 Å². The number of carbonyl (C=O) groups excluding carboxylic acids is 2. The SMILES string of the molecule is COc1cc2nccc(Oc3ccc(NC(=O)C4(C(=O)Nc5ccc(F)cc5)CC4)cc3)c2cc1P(C)(C)=O. The van der Waals surface area contributed by atoms with E-state index in [1.54, 1.807) is 62.0 Å². The number of halogens is 1. The molecule has 0 aliphatic heterocycles. The highest BCUT2D eigenvalue weighted by molar-refractivity contribution is 7.70. The molecule has 0 bridgehead atoms. The van der Waals surface area contributed by atoms with E-state index in [-0.39, 0.29) is 0 Å². The predicted octanol–water partition coefficient (Wildman–Crippen LogP) is 5.78. The average Bonchev–Trinajstić information content (AvgIpc) is 3.72. The zero-order chi connectivity index (χ0) is 27.8. The zero-order valence-corrected chi connectivity index (χ0v) is 22.6. The van der Waals surface area contributed by atoms with E-state index >= 15 is 0 Å². The number of rotatable bonds is 8. The number of benzene rings is 3. The maximum absolute atomic E-state index is 13.1. The molecule has 10 heteroatoms. The fraction of sp³-hybridized carbons (Fsp3) is 0.207. The molecule has 0 atom stereocenters. The molecule has 8 nitrogen and oxygen atoms in total. The third-order valence-electron chi connectivity index (χ3n) is 6.64. The molecule has 5 rings (SSSR count). The van der Waals surface area contributed by atoms with Crippen LogP contribution in [0.1, 0.15) is 12.8 Å². The smallest absolute Gasteiger partial charge is 0.240 e.